The minimum absolute atomic E-state index is 0.0865. The fourth-order valence-electron chi connectivity index (χ4n) is 3.17. The molecule has 1 aliphatic carbocycles. The molecule has 0 aliphatic heterocycles. The van der Waals surface area contributed by atoms with Crippen LogP contribution in [-0.4, -0.2) is 21.1 Å². The average molecular weight is 407 g/mol. The maximum Gasteiger partial charge on any atom is 0.254 e. The monoisotopic (exact) mass is 407 g/mol. The molecule has 0 saturated carbocycles. The number of aromatic nitrogens is 2. The van der Waals surface area contributed by atoms with E-state index in [0.717, 1.165) is 36.3 Å². The number of nitrogens with zero attached hydrogens (tertiary/aromatic N) is 1. The largest absolute Gasteiger partial charge is 0.457 e. The smallest absolute Gasteiger partial charge is 0.254 e. The quantitative estimate of drug-likeness (QED) is 0.473. The van der Waals surface area contributed by atoms with Gasteiger partial charge in [-0.2, -0.15) is 0 Å². The van der Waals surface area contributed by atoms with Crippen LogP contribution >= 0.6 is 11.8 Å². The number of carbonyl (C=O) groups is 1. The zero-order valence-electron chi connectivity index (χ0n) is 16.0. The summed E-state index contributed by atoms with van der Waals surface area (Å²) in [6, 6.07) is 16.7. The first-order chi connectivity index (χ1) is 14.1. The first kappa shape index (κ1) is 19.3. The fraction of sp³-hybridized carbons (Fsp3) is 0.227. The van der Waals surface area contributed by atoms with Crippen LogP contribution in [0.4, 0.5) is 5.69 Å². The molecule has 148 valence electrons. The van der Waals surface area contributed by atoms with Gasteiger partial charge in [-0.1, -0.05) is 30.0 Å². The molecule has 6 nitrogen and oxygen atoms in total. The highest BCUT2D eigenvalue weighted by Gasteiger charge is 2.20. The van der Waals surface area contributed by atoms with E-state index in [9.17, 15) is 9.59 Å². The van der Waals surface area contributed by atoms with Crippen LogP contribution in [0.1, 0.15) is 24.6 Å². The molecule has 0 fully saturated rings. The highest BCUT2D eigenvalue weighted by Crippen LogP contribution is 2.25. The SMILES string of the molecule is C[C@@H](Sc1nc2c(c(=O)[nH]1)CCC2)C(=O)Nc1ccc(Oc2ccccc2)cc1. The van der Waals surface area contributed by atoms with Crippen molar-refractivity contribution in [2.45, 2.75) is 36.6 Å². The van der Waals surface area contributed by atoms with Crippen LogP contribution < -0.4 is 15.6 Å². The Kier molecular flexibility index (Phi) is 5.67. The second-order valence-corrected chi connectivity index (χ2v) is 8.17. The summed E-state index contributed by atoms with van der Waals surface area (Å²) in [5.41, 5.74) is 2.23. The predicted octanol–water partition coefficient (Wildman–Crippen LogP) is 4.17. The Labute approximate surface area is 172 Å². The number of carbonyl (C=O) groups excluding carboxylic acids is 1. The van der Waals surface area contributed by atoms with Crippen molar-refractivity contribution in [1.29, 1.82) is 0 Å². The summed E-state index contributed by atoms with van der Waals surface area (Å²) in [6.07, 6.45) is 2.56. The van der Waals surface area contributed by atoms with Crippen molar-refractivity contribution in [2.24, 2.45) is 0 Å². The molecule has 1 atom stereocenters. The Morgan fingerprint density at radius 2 is 1.83 bits per heavy atom. The van der Waals surface area contributed by atoms with E-state index in [4.69, 9.17) is 4.74 Å². The molecule has 0 spiro atoms. The van der Waals surface area contributed by atoms with Crippen molar-refractivity contribution < 1.29 is 9.53 Å². The number of benzene rings is 2. The number of thioether (sulfide) groups is 1. The minimum atomic E-state index is -0.405. The van der Waals surface area contributed by atoms with Gasteiger partial charge in [-0.15, -0.1) is 0 Å². The number of para-hydroxylation sites is 1. The summed E-state index contributed by atoms with van der Waals surface area (Å²) in [5, 5.41) is 2.97. The number of hydrogen-bond donors (Lipinski definition) is 2. The molecule has 7 heteroatoms. The zero-order valence-corrected chi connectivity index (χ0v) is 16.8. The third-order valence-electron chi connectivity index (χ3n) is 4.68. The molecule has 0 radical (unpaired) electrons. The van der Waals surface area contributed by atoms with Crippen LogP contribution in [0.5, 0.6) is 11.5 Å². The fourth-order valence-corrected chi connectivity index (χ4v) is 3.99. The van der Waals surface area contributed by atoms with Gasteiger partial charge in [0.1, 0.15) is 11.5 Å². The van der Waals surface area contributed by atoms with Gasteiger partial charge in [0.15, 0.2) is 5.16 Å². The van der Waals surface area contributed by atoms with Gasteiger partial charge in [-0.05, 0) is 62.6 Å². The van der Waals surface area contributed by atoms with E-state index in [1.807, 2.05) is 30.3 Å². The summed E-state index contributed by atoms with van der Waals surface area (Å²) in [7, 11) is 0. The Morgan fingerprint density at radius 3 is 2.59 bits per heavy atom. The molecule has 29 heavy (non-hydrogen) atoms. The first-order valence-corrected chi connectivity index (χ1v) is 10.4. The first-order valence-electron chi connectivity index (χ1n) is 9.51. The highest BCUT2D eigenvalue weighted by atomic mass is 32.2. The molecule has 2 aromatic carbocycles. The number of hydrogen-bond acceptors (Lipinski definition) is 5. The van der Waals surface area contributed by atoms with E-state index < -0.39 is 5.25 Å². The van der Waals surface area contributed by atoms with E-state index >= 15 is 0 Å². The minimum Gasteiger partial charge on any atom is -0.457 e. The van der Waals surface area contributed by atoms with Crippen LogP contribution in [0.25, 0.3) is 0 Å². The predicted molar refractivity (Wildman–Crippen MR) is 114 cm³/mol. The highest BCUT2D eigenvalue weighted by molar-refractivity contribution is 8.00. The van der Waals surface area contributed by atoms with Crippen molar-refractivity contribution in [2.75, 3.05) is 5.32 Å². The second kappa shape index (κ2) is 8.53. The van der Waals surface area contributed by atoms with Crippen molar-refractivity contribution in [3.63, 3.8) is 0 Å². The molecule has 1 aromatic heterocycles. The Hall–Kier alpha value is -3.06. The lowest BCUT2D eigenvalue weighted by molar-refractivity contribution is -0.115. The number of anilines is 1. The van der Waals surface area contributed by atoms with Crippen LogP contribution in [0.2, 0.25) is 0 Å². The molecule has 1 aliphatic rings. The maximum absolute atomic E-state index is 12.5. The van der Waals surface area contributed by atoms with Crippen molar-refractivity contribution in [3.8, 4) is 11.5 Å². The molecule has 1 heterocycles. The molecule has 4 rings (SSSR count). The number of rotatable bonds is 6. The molecular weight excluding hydrogens is 386 g/mol. The summed E-state index contributed by atoms with van der Waals surface area (Å²) >= 11 is 1.25. The Balaban J connectivity index is 1.36. The lowest BCUT2D eigenvalue weighted by Gasteiger charge is -2.12. The molecule has 0 saturated heterocycles. The van der Waals surface area contributed by atoms with Crippen LogP contribution in [0, 0.1) is 0 Å². The number of fused-ring (bicyclic) bond motifs is 1. The normalized spacial score (nSPS) is 13.6. The summed E-state index contributed by atoms with van der Waals surface area (Å²) < 4.78 is 5.75. The van der Waals surface area contributed by atoms with Gasteiger partial charge in [0.25, 0.3) is 5.56 Å². The van der Waals surface area contributed by atoms with Gasteiger partial charge in [0.05, 0.1) is 10.9 Å². The van der Waals surface area contributed by atoms with Gasteiger partial charge >= 0.3 is 0 Å². The summed E-state index contributed by atoms with van der Waals surface area (Å²) in [5.74, 6) is 1.29. The second-order valence-electron chi connectivity index (χ2n) is 6.84. The third-order valence-corrected chi connectivity index (χ3v) is 5.66. The number of aromatic amines is 1. The molecule has 0 unspecified atom stereocenters. The van der Waals surface area contributed by atoms with Gasteiger partial charge in [0.2, 0.25) is 5.91 Å². The van der Waals surface area contributed by atoms with Gasteiger partial charge in [0, 0.05) is 11.3 Å². The van der Waals surface area contributed by atoms with Crippen LogP contribution in [0.15, 0.2) is 64.5 Å². The summed E-state index contributed by atoms with van der Waals surface area (Å²) in [6.45, 7) is 1.79. The lowest BCUT2D eigenvalue weighted by Crippen LogP contribution is -2.23. The molecule has 3 aromatic rings. The van der Waals surface area contributed by atoms with Gasteiger partial charge < -0.3 is 15.0 Å². The number of amides is 1. The molecular formula is C22H21N3O3S. The van der Waals surface area contributed by atoms with Crippen molar-refractivity contribution in [3.05, 3.63) is 76.2 Å². The van der Waals surface area contributed by atoms with Crippen molar-refractivity contribution in [1.82, 2.24) is 9.97 Å². The third kappa shape index (κ3) is 4.68. The summed E-state index contributed by atoms with van der Waals surface area (Å²) in [4.78, 5) is 31.9. The number of H-pyrrole nitrogens is 1. The van der Waals surface area contributed by atoms with E-state index in [1.165, 1.54) is 11.8 Å². The molecule has 0 bridgehead atoms. The van der Waals surface area contributed by atoms with Gasteiger partial charge in [-0.3, -0.25) is 9.59 Å². The maximum atomic E-state index is 12.5. The topological polar surface area (TPSA) is 84.1 Å². The zero-order chi connectivity index (χ0) is 20.2. The average Bonchev–Trinajstić information content (AvgIpc) is 3.19. The lowest BCUT2D eigenvalue weighted by atomic mass is 10.3. The van der Waals surface area contributed by atoms with E-state index in [2.05, 4.69) is 15.3 Å². The Bertz CT molecular complexity index is 1060. The number of nitrogens with one attached hydrogen (secondary N) is 2. The van der Waals surface area contributed by atoms with Gasteiger partial charge in [-0.25, -0.2) is 4.98 Å². The molecule has 2 N–H and O–H groups in total. The molecule has 1 amide bonds. The Morgan fingerprint density at radius 1 is 1.10 bits per heavy atom. The van der Waals surface area contributed by atoms with E-state index in [1.54, 1.807) is 31.2 Å². The van der Waals surface area contributed by atoms with Crippen LogP contribution in [0.3, 0.4) is 0 Å². The number of ether oxygens (including phenoxy) is 1. The number of aryl methyl sites for hydroxylation is 1. The van der Waals surface area contributed by atoms with E-state index in [0.29, 0.717) is 16.6 Å². The van der Waals surface area contributed by atoms with E-state index in [-0.39, 0.29) is 11.5 Å². The van der Waals surface area contributed by atoms with Crippen molar-refractivity contribution >= 4 is 23.4 Å². The van der Waals surface area contributed by atoms with Crippen LogP contribution in [-0.2, 0) is 17.6 Å². The standard InChI is InChI=1S/C22H21N3O3S/c1-14(29-22-24-19-9-5-8-18(19)21(27)25-22)20(26)23-15-10-12-17(13-11-15)28-16-6-3-2-4-7-16/h2-4,6-7,10-14H,5,8-9H2,1H3,(H,23,26)(H,24,25,27)/t14-/m1/s1.